The fraction of sp³-hybridized carbons (Fsp3) is 0.533. The fourth-order valence-corrected chi connectivity index (χ4v) is 3.29. The number of carbonyl (C=O) groups excluding carboxylic acids is 1. The van der Waals surface area contributed by atoms with Gasteiger partial charge in [-0.15, -0.1) is 0 Å². The third kappa shape index (κ3) is 3.05. The monoisotopic (exact) mass is 311 g/mol. The van der Waals surface area contributed by atoms with Gasteiger partial charge in [-0.05, 0) is 18.6 Å². The van der Waals surface area contributed by atoms with E-state index in [2.05, 4.69) is 10.2 Å². The molecule has 0 aromatic heterocycles. The highest BCUT2D eigenvalue weighted by Crippen LogP contribution is 2.23. The Labute approximate surface area is 128 Å². The number of rotatable bonds is 2. The van der Waals surface area contributed by atoms with Crippen molar-refractivity contribution < 1.29 is 9.18 Å². The lowest BCUT2D eigenvalue weighted by Crippen LogP contribution is -2.49. The van der Waals surface area contributed by atoms with E-state index in [1.54, 1.807) is 11.0 Å². The van der Waals surface area contributed by atoms with Crippen LogP contribution in [-0.4, -0.2) is 61.0 Å². The van der Waals surface area contributed by atoms with E-state index in [0.717, 1.165) is 32.6 Å². The molecule has 114 valence electrons. The number of halogens is 2. The molecule has 0 saturated carbocycles. The van der Waals surface area contributed by atoms with E-state index in [1.165, 1.54) is 12.1 Å². The Morgan fingerprint density at radius 1 is 1.29 bits per heavy atom. The Hall–Kier alpha value is -1.17. The van der Waals surface area contributed by atoms with Crippen molar-refractivity contribution in [2.45, 2.75) is 12.5 Å². The van der Waals surface area contributed by atoms with Crippen molar-refractivity contribution in [3.8, 4) is 0 Å². The molecule has 21 heavy (non-hydrogen) atoms. The van der Waals surface area contributed by atoms with Crippen molar-refractivity contribution >= 4 is 17.5 Å². The largest absolute Gasteiger partial charge is 0.337 e. The minimum absolute atomic E-state index is 0.00120. The molecule has 1 unspecified atom stereocenters. The number of nitrogens with one attached hydrogen (secondary N) is 1. The van der Waals surface area contributed by atoms with Gasteiger partial charge in [-0.1, -0.05) is 17.7 Å². The standard InChI is InChI=1S/C15H19ClFN3O/c16-13-3-1-2-12(14(13)17)15(21)20-7-4-11(10-20)19-8-5-18-6-9-19/h1-3,11,18H,4-10H2. The van der Waals surface area contributed by atoms with Crippen LogP contribution >= 0.6 is 11.6 Å². The molecule has 0 bridgehead atoms. The predicted molar refractivity (Wildman–Crippen MR) is 80.2 cm³/mol. The molecule has 1 N–H and O–H groups in total. The van der Waals surface area contributed by atoms with Crippen molar-refractivity contribution in [1.29, 1.82) is 0 Å². The number of hydrogen-bond acceptors (Lipinski definition) is 3. The molecule has 0 radical (unpaired) electrons. The van der Waals surface area contributed by atoms with Gasteiger partial charge in [0.25, 0.3) is 5.91 Å². The molecule has 2 fully saturated rings. The zero-order valence-electron chi connectivity index (χ0n) is 11.8. The summed E-state index contributed by atoms with van der Waals surface area (Å²) in [4.78, 5) is 16.6. The normalized spacial score (nSPS) is 23.5. The average Bonchev–Trinajstić information content (AvgIpc) is 3.00. The smallest absolute Gasteiger partial charge is 0.256 e. The van der Waals surface area contributed by atoms with Crippen LogP contribution < -0.4 is 5.32 Å². The second-order valence-corrected chi connectivity index (χ2v) is 5.99. The second kappa shape index (κ2) is 6.30. The molecule has 2 aliphatic heterocycles. The van der Waals surface area contributed by atoms with Gasteiger partial charge in [0.05, 0.1) is 10.6 Å². The van der Waals surface area contributed by atoms with Crippen molar-refractivity contribution in [3.05, 3.63) is 34.6 Å². The van der Waals surface area contributed by atoms with E-state index in [4.69, 9.17) is 11.6 Å². The molecule has 1 atom stereocenters. The topological polar surface area (TPSA) is 35.6 Å². The van der Waals surface area contributed by atoms with E-state index in [1.807, 2.05) is 0 Å². The SMILES string of the molecule is O=C(c1cccc(Cl)c1F)N1CCC(N2CCNCC2)C1. The first-order valence-corrected chi connectivity index (χ1v) is 7.72. The van der Waals surface area contributed by atoms with Gasteiger partial charge in [-0.25, -0.2) is 4.39 Å². The lowest BCUT2D eigenvalue weighted by atomic mass is 10.2. The van der Waals surface area contributed by atoms with Gasteiger partial charge >= 0.3 is 0 Å². The summed E-state index contributed by atoms with van der Waals surface area (Å²) in [5.74, 6) is -0.873. The maximum absolute atomic E-state index is 14.0. The molecule has 3 rings (SSSR count). The Balaban J connectivity index is 1.68. The van der Waals surface area contributed by atoms with Crippen molar-refractivity contribution in [3.63, 3.8) is 0 Å². The maximum Gasteiger partial charge on any atom is 0.256 e. The van der Waals surface area contributed by atoms with E-state index in [0.29, 0.717) is 19.1 Å². The minimum atomic E-state index is -0.616. The number of amides is 1. The fourth-order valence-electron chi connectivity index (χ4n) is 3.11. The molecular formula is C15H19ClFN3O. The van der Waals surface area contributed by atoms with E-state index in [-0.39, 0.29) is 16.5 Å². The number of carbonyl (C=O) groups is 1. The zero-order chi connectivity index (χ0) is 14.8. The molecule has 4 nitrogen and oxygen atoms in total. The third-order valence-corrected chi connectivity index (χ3v) is 4.59. The van der Waals surface area contributed by atoms with E-state index < -0.39 is 5.82 Å². The predicted octanol–water partition coefficient (Wildman–Crippen LogP) is 1.60. The van der Waals surface area contributed by atoms with Gasteiger partial charge in [0.1, 0.15) is 0 Å². The summed E-state index contributed by atoms with van der Waals surface area (Å²) in [6.07, 6.45) is 0.952. The Kier molecular flexibility index (Phi) is 4.42. The van der Waals surface area contributed by atoms with Gasteiger partial charge in [-0.3, -0.25) is 9.69 Å². The third-order valence-electron chi connectivity index (χ3n) is 4.30. The summed E-state index contributed by atoms with van der Waals surface area (Å²) in [7, 11) is 0. The highest BCUT2D eigenvalue weighted by atomic mass is 35.5. The van der Waals surface area contributed by atoms with Crippen molar-refractivity contribution in [1.82, 2.24) is 15.1 Å². The molecule has 2 heterocycles. The first kappa shape index (κ1) is 14.8. The maximum atomic E-state index is 14.0. The molecule has 0 aliphatic carbocycles. The van der Waals surface area contributed by atoms with E-state index in [9.17, 15) is 9.18 Å². The van der Waals surface area contributed by atoms with Crippen LogP contribution in [0.5, 0.6) is 0 Å². The van der Waals surface area contributed by atoms with Crippen LogP contribution in [0.1, 0.15) is 16.8 Å². The van der Waals surface area contributed by atoms with Crippen LogP contribution in [0, 0.1) is 5.82 Å². The number of hydrogen-bond donors (Lipinski definition) is 1. The van der Waals surface area contributed by atoms with Gasteiger partial charge in [0.15, 0.2) is 5.82 Å². The summed E-state index contributed by atoms with van der Waals surface area (Å²) in [6.45, 7) is 5.36. The van der Waals surface area contributed by atoms with Gasteiger partial charge < -0.3 is 10.2 Å². The number of benzene rings is 1. The van der Waals surface area contributed by atoms with Crippen LogP contribution in [-0.2, 0) is 0 Å². The molecule has 0 spiro atoms. The molecule has 1 aromatic carbocycles. The molecule has 2 saturated heterocycles. The highest BCUT2D eigenvalue weighted by molar-refractivity contribution is 6.31. The summed E-state index contributed by atoms with van der Waals surface area (Å²) < 4.78 is 14.0. The molecule has 2 aliphatic rings. The number of likely N-dealkylation sites (tertiary alicyclic amines) is 1. The summed E-state index contributed by atoms with van der Waals surface area (Å²) >= 11 is 5.75. The molecule has 6 heteroatoms. The van der Waals surface area contributed by atoms with Crippen LogP contribution in [0.15, 0.2) is 18.2 Å². The summed E-state index contributed by atoms with van der Waals surface area (Å²) in [6, 6.07) is 4.96. The second-order valence-electron chi connectivity index (χ2n) is 5.58. The van der Waals surface area contributed by atoms with E-state index >= 15 is 0 Å². The van der Waals surface area contributed by atoms with Crippen LogP contribution in [0.25, 0.3) is 0 Å². The number of piperazine rings is 1. The Morgan fingerprint density at radius 2 is 2.05 bits per heavy atom. The lowest BCUT2D eigenvalue weighted by molar-refractivity contribution is 0.0769. The van der Waals surface area contributed by atoms with Crippen molar-refractivity contribution in [2.75, 3.05) is 39.3 Å². The first-order chi connectivity index (χ1) is 10.2. The summed E-state index contributed by atoms with van der Waals surface area (Å²) in [5, 5.41) is 3.32. The Bertz CT molecular complexity index is 534. The highest BCUT2D eigenvalue weighted by Gasteiger charge is 2.32. The summed E-state index contributed by atoms with van der Waals surface area (Å²) in [5.41, 5.74) is 0.0726. The molecular weight excluding hydrogens is 293 g/mol. The van der Waals surface area contributed by atoms with Crippen molar-refractivity contribution in [2.24, 2.45) is 0 Å². The number of nitrogens with zero attached hydrogens (tertiary/aromatic N) is 2. The van der Waals surface area contributed by atoms with Gasteiger partial charge in [-0.2, -0.15) is 0 Å². The minimum Gasteiger partial charge on any atom is -0.337 e. The lowest BCUT2D eigenvalue weighted by Gasteiger charge is -2.32. The first-order valence-electron chi connectivity index (χ1n) is 7.35. The van der Waals surface area contributed by atoms with Gasteiger partial charge in [0, 0.05) is 45.3 Å². The molecule has 1 aromatic rings. The van der Waals surface area contributed by atoms with Crippen LogP contribution in [0.4, 0.5) is 4.39 Å². The van der Waals surface area contributed by atoms with Crippen LogP contribution in [0.3, 0.4) is 0 Å². The quantitative estimate of drug-likeness (QED) is 0.901. The average molecular weight is 312 g/mol. The zero-order valence-corrected chi connectivity index (χ0v) is 12.6. The van der Waals surface area contributed by atoms with Crippen LogP contribution in [0.2, 0.25) is 5.02 Å². The molecule has 1 amide bonds. The Morgan fingerprint density at radius 3 is 2.81 bits per heavy atom. The van der Waals surface area contributed by atoms with Gasteiger partial charge in [0.2, 0.25) is 0 Å².